The van der Waals surface area contributed by atoms with Gasteiger partial charge in [-0.05, 0) is 33.1 Å². The molecule has 1 aliphatic rings. The molecule has 0 aromatic rings. The second kappa shape index (κ2) is 6.59. The number of aliphatic carboxylic acids is 1. The van der Waals surface area contributed by atoms with E-state index < -0.39 is 5.97 Å². The van der Waals surface area contributed by atoms with E-state index in [2.05, 4.69) is 0 Å². The molecule has 0 atom stereocenters. The summed E-state index contributed by atoms with van der Waals surface area (Å²) in [5, 5.41) is 8.79. The van der Waals surface area contributed by atoms with Crippen LogP contribution >= 0.6 is 0 Å². The van der Waals surface area contributed by atoms with Crippen LogP contribution in [0.1, 0.15) is 33.1 Å². The second-order valence-corrected chi connectivity index (χ2v) is 4.83. The zero-order valence-corrected chi connectivity index (χ0v) is 10.7. The van der Waals surface area contributed by atoms with Gasteiger partial charge >= 0.3 is 5.97 Å². The van der Waals surface area contributed by atoms with Crippen molar-refractivity contribution in [2.45, 2.75) is 39.2 Å². The molecule has 1 fully saturated rings. The van der Waals surface area contributed by atoms with E-state index >= 15 is 0 Å². The van der Waals surface area contributed by atoms with Gasteiger partial charge in [0.05, 0.1) is 13.1 Å². The number of piperidine rings is 1. The van der Waals surface area contributed by atoms with Gasteiger partial charge in [0.15, 0.2) is 0 Å². The van der Waals surface area contributed by atoms with Gasteiger partial charge in [-0.2, -0.15) is 0 Å². The molecule has 0 unspecified atom stereocenters. The number of carbonyl (C=O) groups is 2. The minimum Gasteiger partial charge on any atom is -0.480 e. The predicted octanol–water partition coefficient (Wildman–Crippen LogP) is 0.794. The van der Waals surface area contributed by atoms with Crippen LogP contribution in [0.25, 0.3) is 0 Å². The number of carbonyl (C=O) groups excluding carboxylic acids is 1. The van der Waals surface area contributed by atoms with Crippen LogP contribution in [0.3, 0.4) is 0 Å². The molecule has 1 rings (SSSR count). The van der Waals surface area contributed by atoms with E-state index in [9.17, 15) is 9.59 Å². The minimum atomic E-state index is -0.884. The molecule has 0 bridgehead atoms. The molecule has 1 N–H and O–H groups in total. The van der Waals surface area contributed by atoms with Gasteiger partial charge in [0.25, 0.3) is 0 Å². The number of rotatable bonds is 5. The molecule has 0 radical (unpaired) electrons. The SMILES string of the molecule is CC(C)N(CC(=O)O)CC(=O)N1CCCCC1. The third-order valence-corrected chi connectivity index (χ3v) is 3.12. The molecular weight excluding hydrogens is 220 g/mol. The Balaban J connectivity index is 2.47. The monoisotopic (exact) mass is 242 g/mol. The summed E-state index contributed by atoms with van der Waals surface area (Å²) >= 11 is 0. The van der Waals surface area contributed by atoms with Crippen LogP contribution in [-0.2, 0) is 9.59 Å². The summed E-state index contributed by atoms with van der Waals surface area (Å²) in [5.74, 6) is -0.829. The summed E-state index contributed by atoms with van der Waals surface area (Å²) in [6.07, 6.45) is 3.31. The Hall–Kier alpha value is -1.10. The van der Waals surface area contributed by atoms with E-state index in [0.717, 1.165) is 25.9 Å². The largest absolute Gasteiger partial charge is 0.480 e. The molecule has 0 aromatic carbocycles. The fraction of sp³-hybridized carbons (Fsp3) is 0.833. The molecule has 17 heavy (non-hydrogen) atoms. The number of carboxylic acid groups (broad SMARTS) is 1. The summed E-state index contributed by atoms with van der Waals surface area (Å²) in [5.41, 5.74) is 0. The first-order valence-corrected chi connectivity index (χ1v) is 6.24. The van der Waals surface area contributed by atoms with Gasteiger partial charge in [-0.3, -0.25) is 14.5 Å². The number of hydrogen-bond donors (Lipinski definition) is 1. The number of nitrogens with zero attached hydrogens (tertiary/aromatic N) is 2. The van der Waals surface area contributed by atoms with Gasteiger partial charge in [-0.1, -0.05) is 0 Å². The van der Waals surface area contributed by atoms with Crippen LogP contribution in [0.5, 0.6) is 0 Å². The molecule has 0 spiro atoms. The van der Waals surface area contributed by atoms with Gasteiger partial charge < -0.3 is 10.0 Å². The van der Waals surface area contributed by atoms with Crippen molar-refractivity contribution in [1.29, 1.82) is 0 Å². The molecular formula is C12H22N2O3. The minimum absolute atomic E-state index is 0.0552. The van der Waals surface area contributed by atoms with Gasteiger partial charge in [-0.15, -0.1) is 0 Å². The maximum Gasteiger partial charge on any atom is 0.317 e. The van der Waals surface area contributed by atoms with Crippen LogP contribution in [0.4, 0.5) is 0 Å². The standard InChI is InChI=1S/C12H22N2O3/c1-10(2)14(9-12(16)17)8-11(15)13-6-4-3-5-7-13/h10H,3-9H2,1-2H3,(H,16,17). The molecule has 98 valence electrons. The molecule has 0 aromatic heterocycles. The lowest BCUT2D eigenvalue weighted by Gasteiger charge is -2.30. The Morgan fingerprint density at radius 3 is 2.24 bits per heavy atom. The molecule has 0 saturated carbocycles. The Labute approximate surface area is 102 Å². The van der Waals surface area contributed by atoms with E-state index in [1.54, 1.807) is 4.90 Å². The topological polar surface area (TPSA) is 60.9 Å². The van der Waals surface area contributed by atoms with Crippen LogP contribution in [0.15, 0.2) is 0 Å². The molecule has 5 heteroatoms. The fourth-order valence-electron chi connectivity index (χ4n) is 2.01. The lowest BCUT2D eigenvalue weighted by molar-refractivity contribution is -0.140. The predicted molar refractivity (Wildman–Crippen MR) is 64.8 cm³/mol. The quantitative estimate of drug-likeness (QED) is 0.774. The average Bonchev–Trinajstić information content (AvgIpc) is 2.28. The van der Waals surface area contributed by atoms with Crippen LogP contribution in [0, 0.1) is 0 Å². The van der Waals surface area contributed by atoms with Gasteiger partial charge in [0.1, 0.15) is 0 Å². The van der Waals surface area contributed by atoms with E-state index in [-0.39, 0.29) is 25.0 Å². The number of carboxylic acids is 1. The Morgan fingerprint density at radius 1 is 1.18 bits per heavy atom. The first-order chi connectivity index (χ1) is 8.00. The van der Waals surface area contributed by atoms with Crippen molar-refractivity contribution < 1.29 is 14.7 Å². The highest BCUT2D eigenvalue weighted by molar-refractivity contribution is 5.79. The highest BCUT2D eigenvalue weighted by Crippen LogP contribution is 2.09. The Morgan fingerprint density at radius 2 is 1.76 bits per heavy atom. The first-order valence-electron chi connectivity index (χ1n) is 6.24. The lowest BCUT2D eigenvalue weighted by atomic mass is 10.1. The van der Waals surface area contributed by atoms with E-state index in [4.69, 9.17) is 5.11 Å². The van der Waals surface area contributed by atoms with Gasteiger partial charge in [0, 0.05) is 19.1 Å². The van der Waals surface area contributed by atoms with Crippen molar-refractivity contribution in [2.75, 3.05) is 26.2 Å². The number of likely N-dealkylation sites (tertiary alicyclic amines) is 1. The maximum atomic E-state index is 12.0. The van der Waals surface area contributed by atoms with Crippen molar-refractivity contribution in [3.05, 3.63) is 0 Å². The Kier molecular flexibility index (Phi) is 5.41. The maximum absolute atomic E-state index is 12.0. The lowest BCUT2D eigenvalue weighted by Crippen LogP contribution is -2.46. The van der Waals surface area contributed by atoms with E-state index in [0.29, 0.717) is 0 Å². The van der Waals surface area contributed by atoms with Crippen LogP contribution in [0.2, 0.25) is 0 Å². The Bertz CT molecular complexity index is 273. The zero-order valence-electron chi connectivity index (χ0n) is 10.7. The van der Waals surface area contributed by atoms with Crippen molar-refractivity contribution >= 4 is 11.9 Å². The summed E-state index contributed by atoms with van der Waals surface area (Å²) in [6.45, 7) is 5.59. The van der Waals surface area contributed by atoms with Crippen LogP contribution < -0.4 is 0 Å². The van der Waals surface area contributed by atoms with Gasteiger partial charge in [0.2, 0.25) is 5.91 Å². The normalized spacial score (nSPS) is 16.6. The summed E-state index contributed by atoms with van der Waals surface area (Å²) in [6, 6.07) is 0.0693. The molecule has 1 saturated heterocycles. The summed E-state index contributed by atoms with van der Waals surface area (Å²) in [7, 11) is 0. The fourth-order valence-corrected chi connectivity index (χ4v) is 2.01. The van der Waals surface area contributed by atoms with Gasteiger partial charge in [-0.25, -0.2) is 0 Å². The summed E-state index contributed by atoms with van der Waals surface area (Å²) in [4.78, 5) is 26.2. The smallest absolute Gasteiger partial charge is 0.317 e. The van der Waals surface area contributed by atoms with Crippen LogP contribution in [-0.4, -0.2) is 59.0 Å². The van der Waals surface area contributed by atoms with Crippen molar-refractivity contribution in [2.24, 2.45) is 0 Å². The number of hydrogen-bond acceptors (Lipinski definition) is 3. The molecule has 5 nitrogen and oxygen atoms in total. The van der Waals surface area contributed by atoms with E-state index in [1.807, 2.05) is 18.7 Å². The third-order valence-electron chi connectivity index (χ3n) is 3.12. The highest BCUT2D eigenvalue weighted by Gasteiger charge is 2.22. The van der Waals surface area contributed by atoms with Crippen molar-refractivity contribution in [1.82, 2.24) is 9.80 Å². The molecule has 1 amide bonds. The molecule has 0 aliphatic carbocycles. The zero-order chi connectivity index (χ0) is 12.8. The molecule has 1 aliphatic heterocycles. The first kappa shape index (κ1) is 14.0. The van der Waals surface area contributed by atoms with Crippen molar-refractivity contribution in [3.8, 4) is 0 Å². The van der Waals surface area contributed by atoms with E-state index in [1.165, 1.54) is 6.42 Å². The third kappa shape index (κ3) is 4.73. The summed E-state index contributed by atoms with van der Waals surface area (Å²) < 4.78 is 0. The average molecular weight is 242 g/mol. The van der Waals surface area contributed by atoms with Crippen molar-refractivity contribution in [3.63, 3.8) is 0 Å². The number of amides is 1. The highest BCUT2D eigenvalue weighted by atomic mass is 16.4. The second-order valence-electron chi connectivity index (χ2n) is 4.83. The molecule has 1 heterocycles.